The Kier molecular flexibility index (Phi) is 5.85. The van der Waals surface area contributed by atoms with Crippen molar-refractivity contribution in [2.45, 2.75) is 0 Å². The molecule has 2 nitrogen and oxygen atoms in total. The van der Waals surface area contributed by atoms with Crippen LogP contribution in [0.15, 0.2) is 168 Å². The summed E-state index contributed by atoms with van der Waals surface area (Å²) in [7, 11) is 0. The number of fused-ring (bicyclic) bond motifs is 5. The fourth-order valence-electron chi connectivity index (χ4n) is 6.94. The lowest BCUT2D eigenvalue weighted by atomic mass is 9.85. The normalized spacial score (nSPS) is 11.6. The van der Waals surface area contributed by atoms with Crippen LogP contribution in [0.1, 0.15) is 0 Å². The van der Waals surface area contributed by atoms with Crippen molar-refractivity contribution in [3.63, 3.8) is 0 Å². The first-order valence-corrected chi connectivity index (χ1v) is 15.3. The molecule has 0 fully saturated rings. The SMILES string of the molecule is c1cc(-c2c3ccccc3c(-c3ccc(-c4ccncc4)cc3)c3ccccc23)cc(-c2cccc3c2oc2ccccc23)c1. The molecule has 9 rings (SSSR count). The van der Waals surface area contributed by atoms with E-state index in [1.54, 1.807) is 0 Å². The third-order valence-electron chi connectivity index (χ3n) is 8.99. The van der Waals surface area contributed by atoms with E-state index < -0.39 is 0 Å². The molecule has 0 spiro atoms. The maximum absolute atomic E-state index is 6.42. The number of nitrogens with zero attached hydrogens (tertiary/aromatic N) is 1. The summed E-state index contributed by atoms with van der Waals surface area (Å²) in [6.07, 6.45) is 3.68. The molecule has 9 aromatic rings. The zero-order valence-corrected chi connectivity index (χ0v) is 24.4. The Morgan fingerprint density at radius 2 is 0.867 bits per heavy atom. The van der Waals surface area contributed by atoms with Gasteiger partial charge in [0, 0.05) is 28.7 Å². The van der Waals surface area contributed by atoms with Gasteiger partial charge in [0.15, 0.2) is 0 Å². The quantitative estimate of drug-likeness (QED) is 0.196. The third-order valence-corrected chi connectivity index (χ3v) is 8.99. The highest BCUT2D eigenvalue weighted by atomic mass is 16.3. The summed E-state index contributed by atoms with van der Waals surface area (Å²) in [5.41, 5.74) is 11.3. The smallest absolute Gasteiger partial charge is 0.143 e. The summed E-state index contributed by atoms with van der Waals surface area (Å²) in [6, 6.07) is 54.3. The highest BCUT2D eigenvalue weighted by Gasteiger charge is 2.18. The molecular formula is C43H27NO. The van der Waals surface area contributed by atoms with Crippen LogP contribution in [0.5, 0.6) is 0 Å². The van der Waals surface area contributed by atoms with E-state index in [2.05, 4.69) is 145 Å². The van der Waals surface area contributed by atoms with Gasteiger partial charge in [-0.3, -0.25) is 4.98 Å². The van der Waals surface area contributed by atoms with Crippen LogP contribution in [0.2, 0.25) is 0 Å². The topological polar surface area (TPSA) is 26.0 Å². The van der Waals surface area contributed by atoms with Gasteiger partial charge in [-0.25, -0.2) is 0 Å². The molecule has 0 N–H and O–H groups in total. The summed E-state index contributed by atoms with van der Waals surface area (Å²) < 4.78 is 6.42. The van der Waals surface area contributed by atoms with E-state index in [9.17, 15) is 0 Å². The Labute approximate surface area is 260 Å². The summed E-state index contributed by atoms with van der Waals surface area (Å²) in [6.45, 7) is 0. The molecule has 2 heterocycles. The molecule has 0 aliphatic carbocycles. The van der Waals surface area contributed by atoms with Crippen molar-refractivity contribution in [1.29, 1.82) is 0 Å². The molecule has 45 heavy (non-hydrogen) atoms. The Hall–Kier alpha value is -5.99. The van der Waals surface area contributed by atoms with Crippen LogP contribution in [0.3, 0.4) is 0 Å². The summed E-state index contributed by atoms with van der Waals surface area (Å²) in [5, 5.41) is 7.25. The minimum atomic E-state index is 0.914. The van der Waals surface area contributed by atoms with Crippen molar-refractivity contribution < 1.29 is 4.42 Å². The van der Waals surface area contributed by atoms with Gasteiger partial charge >= 0.3 is 0 Å². The molecule has 0 aliphatic rings. The van der Waals surface area contributed by atoms with Crippen LogP contribution in [-0.2, 0) is 0 Å². The standard InChI is InChI=1S/C43H27NO/c1-3-14-37-35(12-1)41(30-21-19-28(20-22-30)29-23-25-44-26-24-29)36-13-2-4-15-38(36)42(37)32-10-7-9-31(27-32)33-16-8-17-39-34-11-5-6-18-40(34)45-43(33)39/h1-27H. The Morgan fingerprint density at radius 3 is 1.56 bits per heavy atom. The average molecular weight is 574 g/mol. The summed E-state index contributed by atoms with van der Waals surface area (Å²) in [5.74, 6) is 0. The number of para-hydroxylation sites is 2. The van der Waals surface area contributed by atoms with Crippen LogP contribution in [0.4, 0.5) is 0 Å². The fourth-order valence-corrected chi connectivity index (χ4v) is 6.94. The van der Waals surface area contributed by atoms with E-state index in [0.717, 1.165) is 33.1 Å². The lowest BCUT2D eigenvalue weighted by molar-refractivity contribution is 0.670. The van der Waals surface area contributed by atoms with Crippen LogP contribution in [-0.4, -0.2) is 4.98 Å². The van der Waals surface area contributed by atoms with Gasteiger partial charge in [-0.1, -0.05) is 127 Å². The van der Waals surface area contributed by atoms with E-state index in [0.29, 0.717) is 0 Å². The molecular weight excluding hydrogens is 546 g/mol. The lowest BCUT2D eigenvalue weighted by Gasteiger charge is -2.18. The van der Waals surface area contributed by atoms with Gasteiger partial charge in [-0.05, 0) is 84.8 Å². The number of aromatic nitrogens is 1. The predicted octanol–water partition coefficient (Wildman–Crippen LogP) is 12.0. The molecule has 0 saturated heterocycles. The lowest BCUT2D eigenvalue weighted by Crippen LogP contribution is -1.91. The second-order valence-electron chi connectivity index (χ2n) is 11.5. The first kappa shape index (κ1) is 25.5. The van der Waals surface area contributed by atoms with Gasteiger partial charge in [0.05, 0.1) is 0 Å². The van der Waals surface area contributed by atoms with Crippen LogP contribution in [0.25, 0.3) is 88.0 Å². The zero-order chi connectivity index (χ0) is 29.7. The van der Waals surface area contributed by atoms with Crippen molar-refractivity contribution in [3.05, 3.63) is 164 Å². The third kappa shape index (κ3) is 4.15. The monoisotopic (exact) mass is 573 g/mol. The van der Waals surface area contributed by atoms with Gasteiger partial charge < -0.3 is 4.42 Å². The zero-order valence-electron chi connectivity index (χ0n) is 24.4. The van der Waals surface area contributed by atoms with Gasteiger partial charge in [0.25, 0.3) is 0 Å². The number of rotatable bonds is 4. The number of benzene rings is 7. The molecule has 7 aromatic carbocycles. The van der Waals surface area contributed by atoms with Crippen molar-refractivity contribution in [2.75, 3.05) is 0 Å². The highest BCUT2D eigenvalue weighted by Crippen LogP contribution is 2.45. The van der Waals surface area contributed by atoms with Crippen molar-refractivity contribution in [2.24, 2.45) is 0 Å². The van der Waals surface area contributed by atoms with Crippen molar-refractivity contribution >= 4 is 43.5 Å². The second-order valence-corrected chi connectivity index (χ2v) is 11.5. The number of furan rings is 1. The molecule has 0 atom stereocenters. The molecule has 0 saturated carbocycles. The van der Waals surface area contributed by atoms with Gasteiger partial charge in [0.2, 0.25) is 0 Å². The first-order chi connectivity index (χ1) is 22.3. The maximum atomic E-state index is 6.42. The molecule has 0 bridgehead atoms. The van der Waals surface area contributed by atoms with Crippen LogP contribution in [0, 0.1) is 0 Å². The Morgan fingerprint density at radius 1 is 0.356 bits per heavy atom. The number of hydrogen-bond donors (Lipinski definition) is 0. The minimum absolute atomic E-state index is 0.914. The van der Waals surface area contributed by atoms with Crippen LogP contribution >= 0.6 is 0 Å². The molecule has 0 unspecified atom stereocenters. The van der Waals surface area contributed by atoms with E-state index in [1.807, 2.05) is 24.5 Å². The molecule has 0 amide bonds. The first-order valence-electron chi connectivity index (χ1n) is 15.3. The highest BCUT2D eigenvalue weighted by molar-refractivity contribution is 6.21. The molecule has 2 aromatic heterocycles. The molecule has 0 aliphatic heterocycles. The van der Waals surface area contributed by atoms with Crippen LogP contribution < -0.4 is 0 Å². The van der Waals surface area contributed by atoms with Crippen molar-refractivity contribution in [1.82, 2.24) is 4.98 Å². The average Bonchev–Trinajstić information content (AvgIpc) is 3.50. The second kappa shape index (κ2) is 10.3. The van der Waals surface area contributed by atoms with E-state index in [-0.39, 0.29) is 0 Å². The van der Waals surface area contributed by atoms with Gasteiger partial charge in [-0.15, -0.1) is 0 Å². The van der Waals surface area contributed by atoms with Gasteiger partial charge in [0.1, 0.15) is 11.2 Å². The van der Waals surface area contributed by atoms with Crippen molar-refractivity contribution in [3.8, 4) is 44.5 Å². The van der Waals surface area contributed by atoms with E-state index in [1.165, 1.54) is 54.9 Å². The Bertz CT molecular complexity index is 2470. The summed E-state index contributed by atoms with van der Waals surface area (Å²) in [4.78, 5) is 4.18. The molecule has 0 radical (unpaired) electrons. The maximum Gasteiger partial charge on any atom is 0.143 e. The van der Waals surface area contributed by atoms with Gasteiger partial charge in [-0.2, -0.15) is 0 Å². The predicted molar refractivity (Wildman–Crippen MR) is 188 cm³/mol. The Balaban J connectivity index is 1.25. The number of pyridine rings is 1. The summed E-state index contributed by atoms with van der Waals surface area (Å²) >= 11 is 0. The fraction of sp³-hybridized carbons (Fsp3) is 0. The van der Waals surface area contributed by atoms with E-state index >= 15 is 0 Å². The molecule has 2 heteroatoms. The number of hydrogen-bond acceptors (Lipinski definition) is 2. The largest absolute Gasteiger partial charge is 0.455 e. The molecule has 210 valence electrons. The van der Waals surface area contributed by atoms with E-state index in [4.69, 9.17) is 4.42 Å². The minimum Gasteiger partial charge on any atom is -0.455 e.